The largest absolute Gasteiger partial charge is 0.396 e. The molecule has 1 unspecified atom stereocenters. The van der Waals surface area contributed by atoms with Crippen molar-refractivity contribution in [3.05, 3.63) is 0 Å². The molecule has 0 heterocycles. The van der Waals surface area contributed by atoms with Crippen LogP contribution in [0.25, 0.3) is 0 Å². The molecule has 0 aliphatic carbocycles. The Morgan fingerprint density at radius 1 is 1.53 bits per heavy atom. The molecule has 0 radical (unpaired) electrons. The molecule has 0 rings (SSSR count). The molecule has 0 saturated carbocycles. The molecule has 5 nitrogen and oxygen atoms in total. The van der Waals surface area contributed by atoms with Gasteiger partial charge in [-0.2, -0.15) is 0 Å². The first-order valence-corrected chi connectivity index (χ1v) is 6.06. The van der Waals surface area contributed by atoms with Gasteiger partial charge in [0.1, 0.15) is 0 Å². The van der Waals surface area contributed by atoms with Crippen molar-refractivity contribution in [2.24, 2.45) is 11.1 Å². The topological polar surface area (TPSA) is 84.6 Å². The number of aliphatic hydroxyl groups is 1. The van der Waals surface area contributed by atoms with Gasteiger partial charge in [-0.05, 0) is 24.7 Å². The third-order valence-corrected chi connectivity index (χ3v) is 2.73. The zero-order chi connectivity index (χ0) is 13.3. The fraction of sp³-hybridized carbons (Fsp3) is 0.917. The van der Waals surface area contributed by atoms with E-state index in [1.807, 2.05) is 13.8 Å². The van der Waals surface area contributed by atoms with E-state index in [9.17, 15) is 4.79 Å². The normalized spacial score (nSPS) is 13.5. The fourth-order valence-corrected chi connectivity index (χ4v) is 1.43. The predicted octanol–water partition coefficient (Wildman–Crippen LogP) is 0.265. The van der Waals surface area contributed by atoms with Gasteiger partial charge >= 0.3 is 0 Å². The molecule has 0 fully saturated rings. The van der Waals surface area contributed by atoms with E-state index in [2.05, 4.69) is 5.32 Å². The van der Waals surface area contributed by atoms with Crippen LogP contribution in [0.1, 0.15) is 33.1 Å². The lowest BCUT2D eigenvalue weighted by Gasteiger charge is -2.24. The van der Waals surface area contributed by atoms with Crippen LogP contribution in [0.15, 0.2) is 0 Å². The first-order chi connectivity index (χ1) is 7.93. The van der Waals surface area contributed by atoms with Gasteiger partial charge in [-0.15, -0.1) is 0 Å². The molecule has 5 heteroatoms. The number of rotatable bonds is 9. The van der Waals surface area contributed by atoms with Crippen LogP contribution in [0.2, 0.25) is 0 Å². The first-order valence-electron chi connectivity index (χ1n) is 6.06. The molecule has 0 bridgehead atoms. The Hall–Kier alpha value is -0.650. The predicted molar refractivity (Wildman–Crippen MR) is 67.6 cm³/mol. The van der Waals surface area contributed by atoms with E-state index in [-0.39, 0.29) is 17.9 Å². The number of amides is 1. The second kappa shape index (κ2) is 8.44. The molecule has 17 heavy (non-hydrogen) atoms. The summed E-state index contributed by atoms with van der Waals surface area (Å²) in [5.74, 6) is -0.132. The van der Waals surface area contributed by atoms with Gasteiger partial charge in [0.05, 0.1) is 6.04 Å². The Balaban J connectivity index is 3.84. The minimum atomic E-state index is -0.477. The van der Waals surface area contributed by atoms with Crippen LogP contribution in [0.4, 0.5) is 0 Å². The van der Waals surface area contributed by atoms with Gasteiger partial charge in [0, 0.05) is 26.9 Å². The zero-order valence-corrected chi connectivity index (χ0v) is 11.2. The van der Waals surface area contributed by atoms with Gasteiger partial charge in [0.15, 0.2) is 0 Å². The Labute approximate surface area is 104 Å². The molecule has 1 amide bonds. The quantitative estimate of drug-likeness (QED) is 0.510. The number of nitrogens with one attached hydrogen (secondary N) is 1. The van der Waals surface area contributed by atoms with Crippen LogP contribution in [0.5, 0.6) is 0 Å². The number of ether oxygens (including phenoxy) is 1. The summed E-state index contributed by atoms with van der Waals surface area (Å²) in [7, 11) is 1.63. The van der Waals surface area contributed by atoms with Crippen LogP contribution in [-0.2, 0) is 9.53 Å². The first kappa shape index (κ1) is 16.4. The van der Waals surface area contributed by atoms with Crippen molar-refractivity contribution in [3.8, 4) is 0 Å². The third kappa shape index (κ3) is 8.12. The van der Waals surface area contributed by atoms with Crippen molar-refractivity contribution in [1.29, 1.82) is 0 Å². The average Bonchev–Trinajstić information content (AvgIpc) is 2.26. The van der Waals surface area contributed by atoms with Crippen molar-refractivity contribution in [2.45, 2.75) is 39.2 Å². The minimum Gasteiger partial charge on any atom is -0.396 e. The molecule has 102 valence electrons. The van der Waals surface area contributed by atoms with Crippen molar-refractivity contribution < 1.29 is 14.6 Å². The van der Waals surface area contributed by atoms with Gasteiger partial charge in [-0.25, -0.2) is 0 Å². The van der Waals surface area contributed by atoms with Gasteiger partial charge in [0.25, 0.3) is 0 Å². The molecule has 0 aromatic rings. The molecule has 0 aromatic heterocycles. The molecule has 4 N–H and O–H groups in total. The van der Waals surface area contributed by atoms with Crippen LogP contribution in [-0.4, -0.2) is 43.9 Å². The minimum absolute atomic E-state index is 0.101. The van der Waals surface area contributed by atoms with Gasteiger partial charge in [-0.1, -0.05) is 13.8 Å². The Kier molecular flexibility index (Phi) is 8.12. The van der Waals surface area contributed by atoms with E-state index in [4.69, 9.17) is 15.6 Å². The van der Waals surface area contributed by atoms with E-state index in [1.54, 1.807) is 7.11 Å². The van der Waals surface area contributed by atoms with Crippen LogP contribution < -0.4 is 11.1 Å². The Morgan fingerprint density at radius 3 is 2.71 bits per heavy atom. The summed E-state index contributed by atoms with van der Waals surface area (Å²) < 4.78 is 4.90. The summed E-state index contributed by atoms with van der Waals surface area (Å²) in [6.07, 6.45) is 2.07. The summed E-state index contributed by atoms with van der Waals surface area (Å²) in [6.45, 7) is 5.28. The molecule has 0 aliphatic heterocycles. The van der Waals surface area contributed by atoms with Crippen LogP contribution in [0, 0.1) is 5.41 Å². The van der Waals surface area contributed by atoms with E-state index in [1.165, 1.54) is 0 Å². The van der Waals surface area contributed by atoms with Gasteiger partial charge in [0.2, 0.25) is 5.91 Å². The summed E-state index contributed by atoms with van der Waals surface area (Å²) in [5.41, 5.74) is 5.64. The Bertz CT molecular complexity index is 220. The van der Waals surface area contributed by atoms with Gasteiger partial charge in [-0.3, -0.25) is 4.79 Å². The Morgan fingerprint density at radius 2 is 2.18 bits per heavy atom. The molecule has 0 aromatic carbocycles. The van der Waals surface area contributed by atoms with Crippen molar-refractivity contribution in [1.82, 2.24) is 5.32 Å². The van der Waals surface area contributed by atoms with E-state index < -0.39 is 6.04 Å². The van der Waals surface area contributed by atoms with Crippen molar-refractivity contribution in [3.63, 3.8) is 0 Å². The monoisotopic (exact) mass is 246 g/mol. The second-order valence-electron chi connectivity index (χ2n) is 5.10. The fourth-order valence-electron chi connectivity index (χ4n) is 1.43. The summed E-state index contributed by atoms with van der Waals surface area (Å²) >= 11 is 0. The SMILES string of the molecule is COCCCC(N)C(=O)NCC(C)(C)CCO. The van der Waals surface area contributed by atoms with Crippen LogP contribution >= 0.6 is 0 Å². The van der Waals surface area contributed by atoms with Gasteiger partial charge < -0.3 is 20.9 Å². The summed E-state index contributed by atoms with van der Waals surface area (Å²) in [6, 6.07) is -0.477. The number of methoxy groups -OCH3 is 1. The van der Waals surface area contributed by atoms with E-state index in [0.29, 0.717) is 26.0 Å². The number of carbonyl (C=O) groups is 1. The summed E-state index contributed by atoms with van der Waals surface area (Å²) in [4.78, 5) is 11.6. The number of hydrogen-bond acceptors (Lipinski definition) is 4. The maximum Gasteiger partial charge on any atom is 0.236 e. The van der Waals surface area contributed by atoms with E-state index >= 15 is 0 Å². The number of carbonyl (C=O) groups excluding carboxylic acids is 1. The van der Waals surface area contributed by atoms with E-state index in [0.717, 1.165) is 6.42 Å². The summed E-state index contributed by atoms with van der Waals surface area (Å²) in [5, 5.41) is 11.7. The molecule has 0 spiro atoms. The number of nitrogens with two attached hydrogens (primary N) is 1. The maximum absolute atomic E-state index is 11.6. The molecule has 0 aliphatic rings. The maximum atomic E-state index is 11.6. The molecule has 0 saturated heterocycles. The highest BCUT2D eigenvalue weighted by Gasteiger charge is 2.20. The van der Waals surface area contributed by atoms with Crippen molar-refractivity contribution >= 4 is 5.91 Å². The highest BCUT2D eigenvalue weighted by Crippen LogP contribution is 2.17. The molecular weight excluding hydrogens is 220 g/mol. The highest BCUT2D eigenvalue weighted by molar-refractivity contribution is 5.81. The third-order valence-electron chi connectivity index (χ3n) is 2.73. The smallest absolute Gasteiger partial charge is 0.236 e. The standard InChI is InChI=1S/C12H26N2O3/c1-12(2,6-7-15)9-14-11(16)10(13)5-4-8-17-3/h10,15H,4-9,13H2,1-3H3,(H,14,16). The van der Waals surface area contributed by atoms with Crippen molar-refractivity contribution in [2.75, 3.05) is 26.9 Å². The lowest BCUT2D eigenvalue weighted by molar-refractivity contribution is -0.123. The zero-order valence-electron chi connectivity index (χ0n) is 11.2. The van der Waals surface area contributed by atoms with Crippen LogP contribution in [0.3, 0.4) is 0 Å². The lowest BCUT2D eigenvalue weighted by atomic mass is 9.89. The molecular formula is C12H26N2O3. The second-order valence-corrected chi connectivity index (χ2v) is 5.10. The highest BCUT2D eigenvalue weighted by atomic mass is 16.5. The lowest BCUT2D eigenvalue weighted by Crippen LogP contribution is -2.44. The number of hydrogen-bond donors (Lipinski definition) is 3. The number of aliphatic hydroxyl groups excluding tert-OH is 1. The molecule has 1 atom stereocenters. The average molecular weight is 246 g/mol.